The van der Waals surface area contributed by atoms with Crippen molar-refractivity contribution in [2.45, 2.75) is 13.2 Å². The van der Waals surface area contributed by atoms with Crippen molar-refractivity contribution in [3.63, 3.8) is 0 Å². The summed E-state index contributed by atoms with van der Waals surface area (Å²) < 4.78 is 33.4. The van der Waals surface area contributed by atoms with Crippen molar-refractivity contribution in [1.29, 1.82) is 0 Å². The average molecular weight is 406 g/mol. The van der Waals surface area contributed by atoms with Gasteiger partial charge in [0.05, 0.1) is 0 Å². The lowest BCUT2D eigenvalue weighted by molar-refractivity contribution is -0.105. The number of halogens is 2. The van der Waals surface area contributed by atoms with E-state index in [-0.39, 0.29) is 12.4 Å². The van der Waals surface area contributed by atoms with E-state index in [0.29, 0.717) is 35.5 Å². The van der Waals surface area contributed by atoms with Gasteiger partial charge in [-0.3, -0.25) is 4.79 Å². The molecule has 0 saturated carbocycles. The molecule has 152 valence electrons. The number of carbonyl (C=O) groups is 1. The van der Waals surface area contributed by atoms with Crippen LogP contribution in [0.15, 0.2) is 54.6 Å². The number of ether oxygens (including phenoxy) is 1. The molecule has 1 aliphatic rings. The molecule has 0 aromatic heterocycles. The monoisotopic (exact) mass is 406 g/mol. The van der Waals surface area contributed by atoms with E-state index in [1.165, 1.54) is 24.3 Å². The molecule has 0 bridgehead atoms. The number of fused-ring (bicyclic) bond motifs is 2. The predicted octanol–water partition coefficient (Wildman–Crippen LogP) is 4.73. The fourth-order valence-corrected chi connectivity index (χ4v) is 3.63. The van der Waals surface area contributed by atoms with Crippen molar-refractivity contribution in [2.75, 3.05) is 12.4 Å². The van der Waals surface area contributed by atoms with E-state index in [9.17, 15) is 13.6 Å². The summed E-state index contributed by atoms with van der Waals surface area (Å²) in [7, 11) is 1.83. The third-order valence-electron chi connectivity index (χ3n) is 5.00. The molecule has 1 heterocycles. The predicted molar refractivity (Wildman–Crippen MR) is 113 cm³/mol. The molecule has 0 saturated heterocycles. The highest BCUT2D eigenvalue weighted by molar-refractivity contribution is 5.95. The molecule has 30 heavy (non-hydrogen) atoms. The fraction of sp³-hybridized carbons (Fsp3) is 0.125. The van der Waals surface area contributed by atoms with Crippen molar-refractivity contribution in [3.05, 3.63) is 94.0 Å². The van der Waals surface area contributed by atoms with Crippen LogP contribution in [-0.2, 0) is 17.9 Å². The Morgan fingerprint density at radius 1 is 1.00 bits per heavy atom. The zero-order valence-electron chi connectivity index (χ0n) is 16.3. The van der Waals surface area contributed by atoms with E-state index in [0.717, 1.165) is 22.3 Å². The lowest BCUT2D eigenvalue weighted by Crippen LogP contribution is -2.08. The van der Waals surface area contributed by atoms with Crippen molar-refractivity contribution in [3.8, 4) is 5.75 Å². The Bertz CT molecular complexity index is 1090. The first-order chi connectivity index (χ1) is 14.6. The van der Waals surface area contributed by atoms with Gasteiger partial charge in [-0.2, -0.15) is 0 Å². The summed E-state index contributed by atoms with van der Waals surface area (Å²) in [6.45, 7) is 0.741. The number of carbonyl (C=O) groups excluding carboxylic acids is 1. The standard InChI is InChI=1S/C24H20F2N2O2/c1-27-12-16-3-2-15(9-23(16)28-14-29)8-22-20-6-4-18(25)10-17(20)13-30-24-11-19(26)5-7-21(22)24/h2-11,14,27H,12-13H2,1H3,(H,28,29)/b22-8+. The first-order valence-corrected chi connectivity index (χ1v) is 9.50. The minimum Gasteiger partial charge on any atom is -0.488 e. The lowest BCUT2D eigenvalue weighted by Gasteiger charge is -2.13. The second-order valence-corrected chi connectivity index (χ2v) is 7.00. The molecule has 6 heteroatoms. The van der Waals surface area contributed by atoms with E-state index in [4.69, 9.17) is 4.74 Å². The first kappa shape index (κ1) is 19.8. The normalized spacial score (nSPS) is 13.8. The summed E-state index contributed by atoms with van der Waals surface area (Å²) in [5.74, 6) is -0.363. The molecule has 3 aromatic rings. The van der Waals surface area contributed by atoms with Gasteiger partial charge in [0.25, 0.3) is 0 Å². The maximum absolute atomic E-state index is 13.8. The molecule has 2 N–H and O–H groups in total. The summed E-state index contributed by atoms with van der Waals surface area (Å²) in [4.78, 5) is 11.0. The van der Waals surface area contributed by atoms with Crippen LogP contribution < -0.4 is 15.4 Å². The Morgan fingerprint density at radius 2 is 1.77 bits per heavy atom. The largest absolute Gasteiger partial charge is 0.488 e. The summed E-state index contributed by atoms with van der Waals surface area (Å²) in [6, 6.07) is 14.6. The van der Waals surface area contributed by atoms with E-state index < -0.39 is 5.82 Å². The highest BCUT2D eigenvalue weighted by Gasteiger charge is 2.20. The van der Waals surface area contributed by atoms with Crippen LogP contribution in [-0.4, -0.2) is 13.5 Å². The van der Waals surface area contributed by atoms with E-state index in [2.05, 4.69) is 10.6 Å². The SMILES string of the molecule is CNCc1ccc(/C=C2\c3ccc(F)cc3COc3cc(F)ccc32)cc1NC=O. The summed E-state index contributed by atoms with van der Waals surface area (Å²) in [5, 5.41) is 5.80. The Hall–Kier alpha value is -3.51. The van der Waals surface area contributed by atoms with Gasteiger partial charge in [0, 0.05) is 29.4 Å². The number of benzene rings is 3. The van der Waals surface area contributed by atoms with Crippen LogP contribution in [0.1, 0.15) is 27.8 Å². The summed E-state index contributed by atoms with van der Waals surface area (Å²) in [5.41, 5.74) is 5.46. The summed E-state index contributed by atoms with van der Waals surface area (Å²) in [6.07, 6.45) is 2.57. The van der Waals surface area contributed by atoms with Gasteiger partial charge in [0.15, 0.2) is 0 Å². The van der Waals surface area contributed by atoms with Crippen LogP contribution in [0.3, 0.4) is 0 Å². The quantitative estimate of drug-likeness (QED) is 0.602. The van der Waals surface area contributed by atoms with Gasteiger partial charge >= 0.3 is 0 Å². The molecule has 1 amide bonds. The van der Waals surface area contributed by atoms with Crippen LogP contribution in [0.2, 0.25) is 0 Å². The Balaban J connectivity index is 1.90. The second kappa shape index (κ2) is 8.47. The molecule has 3 aromatic carbocycles. The number of hydrogen-bond acceptors (Lipinski definition) is 3. The number of rotatable bonds is 5. The number of nitrogens with one attached hydrogen (secondary N) is 2. The third kappa shape index (κ3) is 3.95. The van der Waals surface area contributed by atoms with Crippen LogP contribution >= 0.6 is 0 Å². The average Bonchev–Trinajstić information content (AvgIpc) is 2.87. The van der Waals surface area contributed by atoms with Gasteiger partial charge in [0.1, 0.15) is 24.0 Å². The molecular weight excluding hydrogens is 386 g/mol. The van der Waals surface area contributed by atoms with Crippen LogP contribution in [0.4, 0.5) is 14.5 Å². The maximum atomic E-state index is 13.8. The van der Waals surface area contributed by atoms with Crippen LogP contribution in [0.25, 0.3) is 11.6 Å². The topological polar surface area (TPSA) is 50.4 Å². The number of hydrogen-bond donors (Lipinski definition) is 2. The van der Waals surface area contributed by atoms with Crippen LogP contribution in [0, 0.1) is 11.6 Å². The highest BCUT2D eigenvalue weighted by Crippen LogP contribution is 2.38. The molecular formula is C24H20F2N2O2. The Labute approximate surface area is 173 Å². The minimum absolute atomic E-state index is 0.139. The zero-order chi connectivity index (χ0) is 21.1. The van der Waals surface area contributed by atoms with Gasteiger partial charge in [0.2, 0.25) is 6.41 Å². The molecule has 4 nitrogen and oxygen atoms in total. The fourth-order valence-electron chi connectivity index (χ4n) is 3.63. The van der Waals surface area contributed by atoms with Crippen molar-refractivity contribution >= 4 is 23.7 Å². The first-order valence-electron chi connectivity index (χ1n) is 9.50. The number of anilines is 1. The summed E-state index contributed by atoms with van der Waals surface area (Å²) >= 11 is 0. The molecule has 0 aliphatic carbocycles. The minimum atomic E-state index is -0.404. The maximum Gasteiger partial charge on any atom is 0.211 e. The van der Waals surface area contributed by atoms with Crippen molar-refractivity contribution < 1.29 is 18.3 Å². The molecule has 0 spiro atoms. The molecule has 0 radical (unpaired) electrons. The van der Waals surface area contributed by atoms with Gasteiger partial charge in [-0.25, -0.2) is 8.78 Å². The van der Waals surface area contributed by atoms with Crippen molar-refractivity contribution in [1.82, 2.24) is 5.32 Å². The van der Waals surface area contributed by atoms with E-state index in [1.54, 1.807) is 12.1 Å². The molecule has 0 unspecified atom stereocenters. The molecule has 0 atom stereocenters. The zero-order valence-corrected chi connectivity index (χ0v) is 16.3. The van der Waals surface area contributed by atoms with Gasteiger partial charge in [-0.05, 0) is 65.7 Å². The Morgan fingerprint density at radius 3 is 2.53 bits per heavy atom. The molecule has 1 aliphatic heterocycles. The van der Waals surface area contributed by atoms with Gasteiger partial charge in [-0.15, -0.1) is 0 Å². The lowest BCUT2D eigenvalue weighted by atomic mass is 9.92. The second-order valence-electron chi connectivity index (χ2n) is 7.00. The molecule has 4 rings (SSSR count). The number of amides is 1. The van der Waals surface area contributed by atoms with Gasteiger partial charge in [-0.1, -0.05) is 18.2 Å². The van der Waals surface area contributed by atoms with Crippen molar-refractivity contribution in [2.24, 2.45) is 0 Å². The molecule has 0 fully saturated rings. The highest BCUT2D eigenvalue weighted by atomic mass is 19.1. The van der Waals surface area contributed by atoms with Crippen LogP contribution in [0.5, 0.6) is 5.75 Å². The third-order valence-corrected chi connectivity index (χ3v) is 5.00. The van der Waals surface area contributed by atoms with E-state index in [1.807, 2.05) is 31.3 Å². The van der Waals surface area contributed by atoms with E-state index >= 15 is 0 Å². The Kier molecular flexibility index (Phi) is 5.59. The van der Waals surface area contributed by atoms with Gasteiger partial charge < -0.3 is 15.4 Å². The smallest absolute Gasteiger partial charge is 0.211 e.